The maximum atomic E-state index is 11.7. The van der Waals surface area contributed by atoms with Crippen LogP contribution in [-0.2, 0) is 9.63 Å². The number of nitrogen functional groups attached to an aromatic ring is 1. The van der Waals surface area contributed by atoms with Gasteiger partial charge in [-0.3, -0.25) is 9.63 Å². The first-order chi connectivity index (χ1) is 8.28. The molecule has 18 heavy (non-hydrogen) atoms. The van der Waals surface area contributed by atoms with Crippen LogP contribution in [-0.4, -0.2) is 11.5 Å². The Labute approximate surface area is 108 Å². The van der Waals surface area contributed by atoms with Gasteiger partial charge in [0, 0.05) is 12.1 Å². The molecule has 1 atom stereocenters. The van der Waals surface area contributed by atoms with Gasteiger partial charge in [0.2, 0.25) is 5.91 Å². The molecule has 0 saturated heterocycles. The zero-order valence-corrected chi connectivity index (χ0v) is 11.5. The third-order valence-corrected chi connectivity index (χ3v) is 2.47. The molecule has 1 amide bonds. The Hall–Kier alpha value is -1.55. The summed E-state index contributed by atoms with van der Waals surface area (Å²) < 4.78 is 0. The number of hydrogen-bond donors (Lipinski definition) is 2. The SMILES string of the molecule is CC(CC(=O)NOC(C)(C)C)c1ccc(N)cc1. The molecule has 0 aliphatic heterocycles. The fourth-order valence-electron chi connectivity index (χ4n) is 1.47. The highest BCUT2D eigenvalue weighted by molar-refractivity contribution is 5.75. The number of nitrogens with one attached hydrogen (secondary N) is 1. The fourth-order valence-corrected chi connectivity index (χ4v) is 1.47. The van der Waals surface area contributed by atoms with Gasteiger partial charge in [-0.25, -0.2) is 5.48 Å². The van der Waals surface area contributed by atoms with Gasteiger partial charge >= 0.3 is 0 Å². The first-order valence-corrected chi connectivity index (χ1v) is 6.10. The smallest absolute Gasteiger partial charge is 0.244 e. The van der Waals surface area contributed by atoms with Crippen LogP contribution in [0.25, 0.3) is 0 Å². The molecular weight excluding hydrogens is 228 g/mol. The molecule has 0 aliphatic rings. The lowest BCUT2D eigenvalue weighted by atomic mass is 9.97. The molecule has 0 fully saturated rings. The number of amides is 1. The lowest BCUT2D eigenvalue weighted by Gasteiger charge is -2.20. The topological polar surface area (TPSA) is 64.3 Å². The maximum Gasteiger partial charge on any atom is 0.244 e. The van der Waals surface area contributed by atoms with Crippen molar-refractivity contribution in [2.75, 3.05) is 5.73 Å². The second-order valence-electron chi connectivity index (χ2n) is 5.51. The number of rotatable bonds is 4. The predicted molar refractivity (Wildman–Crippen MR) is 72.9 cm³/mol. The minimum atomic E-state index is -0.375. The largest absolute Gasteiger partial charge is 0.399 e. The molecule has 0 saturated carbocycles. The average molecular weight is 250 g/mol. The van der Waals surface area contributed by atoms with Crippen molar-refractivity contribution in [1.82, 2.24) is 5.48 Å². The number of hydroxylamine groups is 1. The monoisotopic (exact) mass is 250 g/mol. The molecule has 3 N–H and O–H groups in total. The third-order valence-electron chi connectivity index (χ3n) is 2.47. The van der Waals surface area contributed by atoms with E-state index in [1.165, 1.54) is 0 Å². The van der Waals surface area contributed by atoms with Gasteiger partial charge in [-0.2, -0.15) is 0 Å². The van der Waals surface area contributed by atoms with Crippen LogP contribution in [0.4, 0.5) is 5.69 Å². The minimum absolute atomic E-state index is 0.116. The van der Waals surface area contributed by atoms with Crippen LogP contribution in [0.1, 0.15) is 45.6 Å². The van der Waals surface area contributed by atoms with Crippen LogP contribution in [0.5, 0.6) is 0 Å². The van der Waals surface area contributed by atoms with Crippen molar-refractivity contribution in [3.8, 4) is 0 Å². The van der Waals surface area contributed by atoms with Gasteiger partial charge in [0.15, 0.2) is 0 Å². The molecule has 1 unspecified atom stereocenters. The number of carbonyl (C=O) groups excluding carboxylic acids is 1. The van der Waals surface area contributed by atoms with Gasteiger partial charge in [0.25, 0.3) is 0 Å². The maximum absolute atomic E-state index is 11.7. The summed E-state index contributed by atoms with van der Waals surface area (Å²) >= 11 is 0. The molecule has 4 heteroatoms. The Balaban J connectivity index is 2.47. The van der Waals surface area contributed by atoms with E-state index in [4.69, 9.17) is 10.6 Å². The lowest BCUT2D eigenvalue weighted by molar-refractivity contribution is -0.145. The highest BCUT2D eigenvalue weighted by Crippen LogP contribution is 2.20. The van der Waals surface area contributed by atoms with E-state index in [1.807, 2.05) is 52.0 Å². The van der Waals surface area contributed by atoms with Crippen molar-refractivity contribution in [1.29, 1.82) is 0 Å². The van der Waals surface area contributed by atoms with Crippen LogP contribution in [0.2, 0.25) is 0 Å². The minimum Gasteiger partial charge on any atom is -0.399 e. The summed E-state index contributed by atoms with van der Waals surface area (Å²) in [6, 6.07) is 7.57. The number of hydrogen-bond acceptors (Lipinski definition) is 3. The number of carbonyl (C=O) groups is 1. The Morgan fingerprint density at radius 1 is 1.33 bits per heavy atom. The van der Waals surface area contributed by atoms with E-state index in [1.54, 1.807) is 0 Å². The standard InChI is InChI=1S/C14H22N2O2/c1-10(11-5-7-12(15)8-6-11)9-13(17)16-18-14(2,3)4/h5-8,10H,9,15H2,1-4H3,(H,16,17). The van der Waals surface area contributed by atoms with E-state index in [2.05, 4.69) is 5.48 Å². The Kier molecular flexibility index (Phi) is 4.73. The highest BCUT2D eigenvalue weighted by Gasteiger charge is 2.15. The summed E-state index contributed by atoms with van der Waals surface area (Å²) in [5.74, 6) is 0.0171. The van der Waals surface area contributed by atoms with E-state index in [0.717, 1.165) is 11.3 Å². The zero-order valence-electron chi connectivity index (χ0n) is 11.5. The van der Waals surface area contributed by atoms with Crippen molar-refractivity contribution < 1.29 is 9.63 Å². The first-order valence-electron chi connectivity index (χ1n) is 6.10. The number of nitrogens with two attached hydrogens (primary N) is 1. The van der Waals surface area contributed by atoms with Crippen molar-refractivity contribution in [3.63, 3.8) is 0 Å². The molecule has 0 spiro atoms. The van der Waals surface area contributed by atoms with E-state index in [9.17, 15) is 4.79 Å². The van der Waals surface area contributed by atoms with Gasteiger partial charge in [-0.05, 0) is 44.4 Å². The summed E-state index contributed by atoms with van der Waals surface area (Å²) in [5.41, 5.74) is 9.54. The molecule has 0 aliphatic carbocycles. The Morgan fingerprint density at radius 2 is 1.89 bits per heavy atom. The van der Waals surface area contributed by atoms with Crippen LogP contribution < -0.4 is 11.2 Å². The Morgan fingerprint density at radius 3 is 2.39 bits per heavy atom. The summed E-state index contributed by atoms with van der Waals surface area (Å²) in [7, 11) is 0. The van der Waals surface area contributed by atoms with Crippen LogP contribution >= 0.6 is 0 Å². The van der Waals surface area contributed by atoms with Crippen molar-refractivity contribution in [2.24, 2.45) is 0 Å². The Bertz CT molecular complexity index is 393. The normalized spacial score (nSPS) is 13.1. The van der Waals surface area contributed by atoms with E-state index >= 15 is 0 Å². The van der Waals surface area contributed by atoms with Gasteiger partial charge in [-0.1, -0.05) is 19.1 Å². The van der Waals surface area contributed by atoms with Gasteiger partial charge < -0.3 is 5.73 Å². The highest BCUT2D eigenvalue weighted by atomic mass is 16.7. The van der Waals surface area contributed by atoms with Crippen molar-refractivity contribution >= 4 is 11.6 Å². The first kappa shape index (κ1) is 14.5. The van der Waals surface area contributed by atoms with Crippen LogP contribution in [0.15, 0.2) is 24.3 Å². The molecule has 1 rings (SSSR count). The van der Waals surface area contributed by atoms with E-state index in [-0.39, 0.29) is 17.4 Å². The summed E-state index contributed by atoms with van der Waals surface area (Å²) in [5, 5.41) is 0. The van der Waals surface area contributed by atoms with E-state index < -0.39 is 0 Å². The second kappa shape index (κ2) is 5.87. The second-order valence-corrected chi connectivity index (χ2v) is 5.51. The van der Waals surface area contributed by atoms with Gasteiger partial charge in [0.05, 0.1) is 5.60 Å². The molecule has 0 bridgehead atoms. The molecule has 4 nitrogen and oxygen atoms in total. The quantitative estimate of drug-likeness (QED) is 0.637. The van der Waals surface area contributed by atoms with Gasteiger partial charge in [-0.15, -0.1) is 0 Å². The molecule has 1 aromatic carbocycles. The summed E-state index contributed by atoms with van der Waals surface area (Å²) in [4.78, 5) is 16.9. The molecule has 1 aromatic rings. The van der Waals surface area contributed by atoms with Crippen molar-refractivity contribution in [3.05, 3.63) is 29.8 Å². The van der Waals surface area contributed by atoms with Crippen LogP contribution in [0.3, 0.4) is 0 Å². The van der Waals surface area contributed by atoms with Crippen LogP contribution in [0, 0.1) is 0 Å². The molecule has 0 radical (unpaired) electrons. The average Bonchev–Trinajstić information content (AvgIpc) is 2.26. The summed E-state index contributed by atoms with van der Waals surface area (Å²) in [6.45, 7) is 7.66. The fraction of sp³-hybridized carbons (Fsp3) is 0.500. The molecule has 0 heterocycles. The summed E-state index contributed by atoms with van der Waals surface area (Å²) in [6.07, 6.45) is 0.389. The predicted octanol–water partition coefficient (Wildman–Crippen LogP) is 2.61. The molecule has 0 aromatic heterocycles. The molecule has 100 valence electrons. The number of anilines is 1. The third kappa shape index (κ3) is 5.19. The van der Waals surface area contributed by atoms with E-state index in [0.29, 0.717) is 6.42 Å². The van der Waals surface area contributed by atoms with Gasteiger partial charge in [0.1, 0.15) is 0 Å². The molecular formula is C14H22N2O2. The lowest BCUT2D eigenvalue weighted by Crippen LogP contribution is -2.34. The van der Waals surface area contributed by atoms with Crippen molar-refractivity contribution in [2.45, 2.75) is 45.6 Å². The zero-order chi connectivity index (χ0) is 13.8. The number of benzene rings is 1.